The maximum absolute atomic E-state index is 12.5. The van der Waals surface area contributed by atoms with E-state index in [1.54, 1.807) is 0 Å². The number of nitrogens with one attached hydrogen (secondary N) is 1. The van der Waals surface area contributed by atoms with E-state index in [0.717, 1.165) is 41.4 Å². The largest absolute Gasteiger partial charge is 0.326 e. The number of aromatic amines is 1. The maximum Gasteiger partial charge on any atom is 0.326 e. The second-order valence-corrected chi connectivity index (χ2v) is 8.31. The van der Waals surface area contributed by atoms with Gasteiger partial charge in [0.15, 0.2) is 0 Å². The van der Waals surface area contributed by atoms with Crippen LogP contribution in [-0.2, 0) is 0 Å². The molecule has 4 nitrogen and oxygen atoms in total. The molecule has 1 unspecified atom stereocenters. The molecule has 0 spiro atoms. The molecule has 0 aliphatic carbocycles. The maximum atomic E-state index is 12.5. The molecule has 6 heteroatoms. The van der Waals surface area contributed by atoms with Crippen molar-refractivity contribution < 1.29 is 0 Å². The Labute approximate surface area is 165 Å². The van der Waals surface area contributed by atoms with Crippen molar-refractivity contribution in [3.63, 3.8) is 0 Å². The van der Waals surface area contributed by atoms with Crippen LogP contribution >= 0.6 is 27.5 Å². The van der Waals surface area contributed by atoms with E-state index in [1.165, 1.54) is 5.56 Å². The molecule has 2 aromatic carbocycles. The van der Waals surface area contributed by atoms with Crippen LogP contribution in [0.5, 0.6) is 0 Å². The lowest BCUT2D eigenvalue weighted by molar-refractivity contribution is 0.144. The van der Waals surface area contributed by atoms with Gasteiger partial charge < -0.3 is 4.98 Å². The molecule has 3 aromatic rings. The Morgan fingerprint density at radius 2 is 1.85 bits per heavy atom. The van der Waals surface area contributed by atoms with E-state index in [4.69, 9.17) is 11.6 Å². The molecule has 1 aromatic heterocycles. The van der Waals surface area contributed by atoms with Gasteiger partial charge in [-0.1, -0.05) is 39.7 Å². The number of fused-ring (bicyclic) bond motifs is 1. The molecule has 2 heterocycles. The number of benzene rings is 2. The smallest absolute Gasteiger partial charge is 0.306 e. The SMILES string of the molecule is CC(c1ccc(Br)cc1)N1CCC(n2c(=O)[nH]c3ccc(Cl)cc32)CC1. The van der Waals surface area contributed by atoms with Crippen LogP contribution in [0, 0.1) is 0 Å². The Morgan fingerprint density at radius 3 is 2.54 bits per heavy atom. The Balaban J connectivity index is 1.52. The average molecular weight is 435 g/mol. The molecule has 0 saturated carbocycles. The topological polar surface area (TPSA) is 41.0 Å². The first kappa shape index (κ1) is 17.8. The minimum Gasteiger partial charge on any atom is -0.306 e. The van der Waals surface area contributed by atoms with Gasteiger partial charge in [0.05, 0.1) is 11.0 Å². The fraction of sp³-hybridized carbons (Fsp3) is 0.350. The number of likely N-dealkylation sites (tertiary alicyclic amines) is 1. The van der Waals surface area contributed by atoms with Crippen molar-refractivity contribution in [2.75, 3.05) is 13.1 Å². The minimum atomic E-state index is -0.0401. The zero-order chi connectivity index (χ0) is 18.3. The number of hydrogen-bond donors (Lipinski definition) is 1. The lowest BCUT2D eigenvalue weighted by Crippen LogP contribution is -2.38. The number of imidazole rings is 1. The standard InChI is InChI=1S/C20H21BrClN3O/c1-13(14-2-4-15(21)5-3-14)24-10-8-17(9-11-24)25-19-12-16(22)6-7-18(19)23-20(25)26/h2-7,12-13,17H,8-11H2,1H3,(H,23,26). The summed E-state index contributed by atoms with van der Waals surface area (Å²) >= 11 is 9.64. The Kier molecular flexibility index (Phi) is 4.95. The highest BCUT2D eigenvalue weighted by Gasteiger charge is 2.26. The summed E-state index contributed by atoms with van der Waals surface area (Å²) in [6, 6.07) is 14.7. The van der Waals surface area contributed by atoms with Crippen LogP contribution in [0.2, 0.25) is 5.02 Å². The van der Waals surface area contributed by atoms with Crippen LogP contribution in [0.3, 0.4) is 0 Å². The number of rotatable bonds is 3. The molecule has 1 fully saturated rings. The van der Waals surface area contributed by atoms with Crippen LogP contribution in [-0.4, -0.2) is 27.5 Å². The summed E-state index contributed by atoms with van der Waals surface area (Å²) in [5.74, 6) is 0. The van der Waals surface area contributed by atoms with Crippen molar-refractivity contribution in [1.82, 2.24) is 14.5 Å². The number of nitrogens with zero attached hydrogens (tertiary/aromatic N) is 2. The monoisotopic (exact) mass is 433 g/mol. The Morgan fingerprint density at radius 1 is 1.15 bits per heavy atom. The summed E-state index contributed by atoms with van der Waals surface area (Å²) in [6.07, 6.45) is 1.92. The van der Waals surface area contributed by atoms with Gasteiger partial charge in [0.2, 0.25) is 0 Å². The average Bonchev–Trinajstić information content (AvgIpc) is 2.97. The summed E-state index contributed by atoms with van der Waals surface area (Å²) in [4.78, 5) is 17.9. The molecule has 0 radical (unpaired) electrons. The van der Waals surface area contributed by atoms with Crippen molar-refractivity contribution in [2.24, 2.45) is 0 Å². The summed E-state index contributed by atoms with van der Waals surface area (Å²) in [5, 5.41) is 0.659. The van der Waals surface area contributed by atoms with Gasteiger partial charge in [-0.2, -0.15) is 0 Å². The van der Waals surface area contributed by atoms with Gasteiger partial charge in [0.1, 0.15) is 0 Å². The highest BCUT2D eigenvalue weighted by atomic mass is 79.9. The van der Waals surface area contributed by atoms with Gasteiger partial charge >= 0.3 is 5.69 Å². The van der Waals surface area contributed by atoms with E-state index in [1.807, 2.05) is 22.8 Å². The van der Waals surface area contributed by atoms with Crippen LogP contribution in [0.1, 0.15) is 37.4 Å². The quantitative estimate of drug-likeness (QED) is 0.620. The predicted octanol–water partition coefficient (Wildman–Crippen LogP) is 5.14. The fourth-order valence-corrected chi connectivity index (χ4v) is 4.37. The summed E-state index contributed by atoms with van der Waals surface area (Å²) in [7, 11) is 0. The molecule has 4 rings (SSSR count). The van der Waals surface area contributed by atoms with Gasteiger partial charge in [0, 0.05) is 34.7 Å². The molecule has 1 atom stereocenters. The van der Waals surface area contributed by atoms with E-state index >= 15 is 0 Å². The van der Waals surface area contributed by atoms with Gasteiger partial charge in [-0.25, -0.2) is 4.79 Å². The molecule has 136 valence electrons. The highest BCUT2D eigenvalue weighted by molar-refractivity contribution is 9.10. The van der Waals surface area contributed by atoms with Gasteiger partial charge in [-0.15, -0.1) is 0 Å². The van der Waals surface area contributed by atoms with Crippen molar-refractivity contribution >= 4 is 38.6 Å². The minimum absolute atomic E-state index is 0.0401. The van der Waals surface area contributed by atoms with Crippen LogP contribution in [0.4, 0.5) is 0 Å². The third-order valence-electron chi connectivity index (χ3n) is 5.44. The van der Waals surface area contributed by atoms with E-state index in [9.17, 15) is 4.79 Å². The number of H-pyrrole nitrogens is 1. The third kappa shape index (κ3) is 3.36. The molecule has 1 aliphatic rings. The van der Waals surface area contributed by atoms with Crippen molar-refractivity contribution in [3.05, 3.63) is 68.0 Å². The zero-order valence-corrected chi connectivity index (χ0v) is 16.9. The third-order valence-corrected chi connectivity index (χ3v) is 6.21. The Bertz CT molecular complexity index is 971. The van der Waals surface area contributed by atoms with E-state index in [-0.39, 0.29) is 11.7 Å². The lowest BCUT2D eigenvalue weighted by Gasteiger charge is -2.36. The number of halogens is 2. The van der Waals surface area contributed by atoms with Crippen molar-refractivity contribution in [1.29, 1.82) is 0 Å². The highest BCUT2D eigenvalue weighted by Crippen LogP contribution is 2.31. The number of aromatic nitrogens is 2. The van der Waals surface area contributed by atoms with Crippen molar-refractivity contribution in [2.45, 2.75) is 31.8 Å². The Hall–Kier alpha value is -1.56. The second kappa shape index (κ2) is 7.22. The van der Waals surface area contributed by atoms with Gasteiger partial charge in [-0.3, -0.25) is 9.47 Å². The second-order valence-electron chi connectivity index (χ2n) is 6.96. The van der Waals surface area contributed by atoms with Crippen molar-refractivity contribution in [3.8, 4) is 0 Å². The lowest BCUT2D eigenvalue weighted by atomic mass is 10.00. The number of hydrogen-bond acceptors (Lipinski definition) is 2. The van der Waals surface area contributed by atoms with E-state index in [0.29, 0.717) is 11.1 Å². The molecule has 26 heavy (non-hydrogen) atoms. The van der Waals surface area contributed by atoms with E-state index in [2.05, 4.69) is 57.0 Å². The molecular weight excluding hydrogens is 414 g/mol. The first-order chi connectivity index (χ1) is 12.5. The summed E-state index contributed by atoms with van der Waals surface area (Å²) in [6.45, 7) is 4.20. The summed E-state index contributed by atoms with van der Waals surface area (Å²) in [5.41, 5.74) is 3.04. The summed E-state index contributed by atoms with van der Waals surface area (Å²) < 4.78 is 2.99. The van der Waals surface area contributed by atoms with Crippen LogP contribution in [0.25, 0.3) is 11.0 Å². The van der Waals surface area contributed by atoms with E-state index < -0.39 is 0 Å². The molecule has 1 N–H and O–H groups in total. The number of piperidine rings is 1. The molecule has 1 aliphatic heterocycles. The zero-order valence-electron chi connectivity index (χ0n) is 14.6. The first-order valence-electron chi connectivity index (χ1n) is 8.92. The molecule has 1 saturated heterocycles. The first-order valence-corrected chi connectivity index (χ1v) is 10.1. The fourth-order valence-electron chi connectivity index (χ4n) is 3.94. The predicted molar refractivity (Wildman–Crippen MR) is 110 cm³/mol. The van der Waals surface area contributed by atoms with Gasteiger partial charge in [-0.05, 0) is 55.7 Å². The van der Waals surface area contributed by atoms with Crippen LogP contribution in [0.15, 0.2) is 51.7 Å². The molecule has 0 amide bonds. The molecule has 0 bridgehead atoms. The molecular formula is C20H21BrClN3O. The van der Waals surface area contributed by atoms with Gasteiger partial charge in [0.25, 0.3) is 0 Å². The normalized spacial score (nSPS) is 17.7. The van der Waals surface area contributed by atoms with Crippen LogP contribution < -0.4 is 5.69 Å².